The molecule has 6 nitrogen and oxygen atoms in total. The maximum absolute atomic E-state index is 12.5. The van der Waals surface area contributed by atoms with Gasteiger partial charge in [0.2, 0.25) is 5.91 Å². The molecule has 1 fully saturated rings. The van der Waals surface area contributed by atoms with Crippen molar-refractivity contribution in [2.24, 2.45) is 5.92 Å². The summed E-state index contributed by atoms with van der Waals surface area (Å²) < 4.78 is 10.7. The van der Waals surface area contributed by atoms with Crippen LogP contribution < -0.4 is 14.8 Å². The van der Waals surface area contributed by atoms with Gasteiger partial charge in [0.25, 0.3) is 0 Å². The SMILES string of the molecule is COc1ccc(CCN(CCC(=O)N2CCNCC2)CC(C)C)cc1OC.Cl. The summed E-state index contributed by atoms with van der Waals surface area (Å²) in [6.07, 6.45) is 1.52. The lowest BCUT2D eigenvalue weighted by molar-refractivity contribution is -0.132. The molecule has 0 radical (unpaired) electrons. The summed E-state index contributed by atoms with van der Waals surface area (Å²) in [5, 5.41) is 3.29. The van der Waals surface area contributed by atoms with Crippen molar-refractivity contribution in [2.45, 2.75) is 26.7 Å². The molecule has 1 aliphatic heterocycles. The van der Waals surface area contributed by atoms with E-state index in [0.29, 0.717) is 12.3 Å². The summed E-state index contributed by atoms with van der Waals surface area (Å²) in [5.74, 6) is 2.36. The zero-order valence-corrected chi connectivity index (χ0v) is 18.5. The average molecular weight is 414 g/mol. The molecule has 1 heterocycles. The van der Waals surface area contributed by atoms with Crippen LogP contribution in [0, 0.1) is 5.92 Å². The molecule has 0 spiro atoms. The van der Waals surface area contributed by atoms with Gasteiger partial charge in [0.05, 0.1) is 14.2 Å². The molecule has 0 atom stereocenters. The van der Waals surface area contributed by atoms with E-state index in [1.807, 2.05) is 17.0 Å². The highest BCUT2D eigenvalue weighted by atomic mass is 35.5. The Hall–Kier alpha value is -1.50. The number of hydrogen-bond acceptors (Lipinski definition) is 5. The van der Waals surface area contributed by atoms with Gasteiger partial charge in [-0.05, 0) is 30.0 Å². The third-order valence-electron chi connectivity index (χ3n) is 4.90. The largest absolute Gasteiger partial charge is 0.493 e. The van der Waals surface area contributed by atoms with E-state index in [2.05, 4.69) is 30.1 Å². The third-order valence-corrected chi connectivity index (χ3v) is 4.90. The number of nitrogens with one attached hydrogen (secondary N) is 1. The van der Waals surface area contributed by atoms with E-state index in [-0.39, 0.29) is 18.3 Å². The lowest BCUT2D eigenvalue weighted by Gasteiger charge is -2.29. The van der Waals surface area contributed by atoms with Crippen molar-refractivity contribution in [1.29, 1.82) is 0 Å². The molecular weight excluding hydrogens is 378 g/mol. The van der Waals surface area contributed by atoms with Gasteiger partial charge in [-0.2, -0.15) is 0 Å². The number of benzene rings is 1. The summed E-state index contributed by atoms with van der Waals surface area (Å²) in [7, 11) is 3.31. The van der Waals surface area contributed by atoms with Crippen LogP contribution in [-0.4, -0.2) is 75.7 Å². The van der Waals surface area contributed by atoms with Gasteiger partial charge in [-0.15, -0.1) is 12.4 Å². The predicted molar refractivity (Wildman–Crippen MR) is 116 cm³/mol. The fourth-order valence-corrected chi connectivity index (χ4v) is 3.46. The standard InChI is InChI=1S/C21H35N3O3.ClH/c1-17(2)16-23(12-8-21(25)24-13-9-22-10-14-24)11-7-18-5-6-19(26-3)20(15-18)27-4;/h5-6,15,17,22H,7-14,16H2,1-4H3;1H. The van der Waals surface area contributed by atoms with Crippen LogP contribution in [0.3, 0.4) is 0 Å². The van der Waals surface area contributed by atoms with E-state index in [9.17, 15) is 4.79 Å². The minimum Gasteiger partial charge on any atom is -0.493 e. The van der Waals surface area contributed by atoms with Crippen molar-refractivity contribution < 1.29 is 14.3 Å². The van der Waals surface area contributed by atoms with Crippen molar-refractivity contribution in [2.75, 3.05) is 60.0 Å². The fourth-order valence-electron chi connectivity index (χ4n) is 3.46. The molecule has 1 aromatic rings. The van der Waals surface area contributed by atoms with Crippen LogP contribution in [0.4, 0.5) is 0 Å². The molecule has 7 heteroatoms. The van der Waals surface area contributed by atoms with Crippen molar-refractivity contribution in [3.63, 3.8) is 0 Å². The second-order valence-corrected chi connectivity index (χ2v) is 7.51. The van der Waals surface area contributed by atoms with Gasteiger partial charge >= 0.3 is 0 Å². The molecule has 1 amide bonds. The van der Waals surface area contributed by atoms with Crippen molar-refractivity contribution in [3.8, 4) is 11.5 Å². The summed E-state index contributed by atoms with van der Waals surface area (Å²) in [4.78, 5) is 16.8. The predicted octanol–water partition coefficient (Wildman–Crippen LogP) is 2.45. The van der Waals surface area contributed by atoms with Gasteiger partial charge < -0.3 is 24.6 Å². The minimum absolute atomic E-state index is 0. The van der Waals surface area contributed by atoms with E-state index in [1.165, 1.54) is 5.56 Å². The number of ether oxygens (including phenoxy) is 2. The smallest absolute Gasteiger partial charge is 0.223 e. The summed E-state index contributed by atoms with van der Waals surface area (Å²) in [6, 6.07) is 6.08. The second-order valence-electron chi connectivity index (χ2n) is 7.51. The quantitative estimate of drug-likeness (QED) is 0.638. The van der Waals surface area contributed by atoms with Crippen LogP contribution in [0.5, 0.6) is 11.5 Å². The molecule has 1 saturated heterocycles. The Morgan fingerprint density at radius 2 is 1.82 bits per heavy atom. The number of halogens is 1. The van der Waals surface area contributed by atoms with Crippen molar-refractivity contribution in [3.05, 3.63) is 23.8 Å². The molecule has 28 heavy (non-hydrogen) atoms. The van der Waals surface area contributed by atoms with Crippen LogP contribution >= 0.6 is 12.4 Å². The number of amides is 1. The molecule has 1 N–H and O–H groups in total. The van der Waals surface area contributed by atoms with E-state index in [1.54, 1.807) is 14.2 Å². The van der Waals surface area contributed by atoms with Crippen molar-refractivity contribution >= 4 is 18.3 Å². The van der Waals surface area contributed by atoms with Gasteiger partial charge in [-0.3, -0.25) is 4.79 Å². The first kappa shape index (κ1) is 24.5. The lowest BCUT2D eigenvalue weighted by Crippen LogP contribution is -2.47. The van der Waals surface area contributed by atoms with Crippen molar-refractivity contribution in [1.82, 2.24) is 15.1 Å². The normalized spacial score (nSPS) is 14.1. The van der Waals surface area contributed by atoms with E-state index in [4.69, 9.17) is 9.47 Å². The second kappa shape index (κ2) is 12.9. The zero-order chi connectivity index (χ0) is 19.6. The molecule has 0 aliphatic carbocycles. The molecular formula is C21H36ClN3O3. The number of piperazine rings is 1. The summed E-state index contributed by atoms with van der Waals surface area (Å²) in [6.45, 7) is 10.7. The minimum atomic E-state index is 0. The Labute approximate surface area is 176 Å². The van der Waals surface area contributed by atoms with Crippen LogP contribution in [0.25, 0.3) is 0 Å². The fraction of sp³-hybridized carbons (Fsp3) is 0.667. The first-order valence-electron chi connectivity index (χ1n) is 9.95. The topological polar surface area (TPSA) is 54.0 Å². The number of hydrogen-bond donors (Lipinski definition) is 1. The highest BCUT2D eigenvalue weighted by Gasteiger charge is 2.17. The van der Waals surface area contributed by atoms with Gasteiger partial charge in [0.15, 0.2) is 11.5 Å². The molecule has 2 rings (SSSR count). The lowest BCUT2D eigenvalue weighted by atomic mass is 10.1. The molecule has 0 bridgehead atoms. The van der Waals surface area contributed by atoms with E-state index >= 15 is 0 Å². The van der Waals surface area contributed by atoms with Crippen LogP contribution in [0.1, 0.15) is 25.8 Å². The van der Waals surface area contributed by atoms with Gasteiger partial charge in [-0.25, -0.2) is 0 Å². The molecule has 160 valence electrons. The highest BCUT2D eigenvalue weighted by molar-refractivity contribution is 5.85. The van der Waals surface area contributed by atoms with Gasteiger partial charge in [0, 0.05) is 52.2 Å². The zero-order valence-electron chi connectivity index (χ0n) is 17.7. The number of carbonyl (C=O) groups is 1. The summed E-state index contributed by atoms with van der Waals surface area (Å²) >= 11 is 0. The number of nitrogens with zero attached hydrogens (tertiary/aromatic N) is 2. The molecule has 0 saturated carbocycles. The molecule has 1 aliphatic rings. The van der Waals surface area contributed by atoms with E-state index in [0.717, 1.165) is 63.7 Å². The third kappa shape index (κ3) is 7.86. The Kier molecular flexibility index (Phi) is 11.3. The maximum atomic E-state index is 12.5. The van der Waals surface area contributed by atoms with Gasteiger partial charge in [0.1, 0.15) is 0 Å². The monoisotopic (exact) mass is 413 g/mol. The molecule has 0 unspecified atom stereocenters. The number of rotatable bonds is 10. The first-order chi connectivity index (χ1) is 13.0. The summed E-state index contributed by atoms with van der Waals surface area (Å²) in [5.41, 5.74) is 1.22. The first-order valence-corrected chi connectivity index (χ1v) is 9.95. The Morgan fingerprint density at radius 1 is 1.14 bits per heavy atom. The van der Waals surface area contributed by atoms with E-state index < -0.39 is 0 Å². The van der Waals surface area contributed by atoms with Crippen LogP contribution in [0.15, 0.2) is 18.2 Å². The number of methoxy groups -OCH3 is 2. The Bertz CT molecular complexity index is 592. The number of carbonyl (C=O) groups excluding carboxylic acids is 1. The van der Waals surface area contributed by atoms with Crippen LogP contribution in [0.2, 0.25) is 0 Å². The highest BCUT2D eigenvalue weighted by Crippen LogP contribution is 2.27. The Morgan fingerprint density at radius 3 is 2.43 bits per heavy atom. The Balaban J connectivity index is 0.00000392. The maximum Gasteiger partial charge on any atom is 0.223 e. The van der Waals surface area contributed by atoms with Crippen LogP contribution in [-0.2, 0) is 11.2 Å². The van der Waals surface area contributed by atoms with Gasteiger partial charge in [-0.1, -0.05) is 19.9 Å². The average Bonchev–Trinajstić information content (AvgIpc) is 2.69. The molecule has 0 aromatic heterocycles. The molecule has 1 aromatic carbocycles.